The predicted molar refractivity (Wildman–Crippen MR) is 131 cm³/mol. The Morgan fingerprint density at radius 3 is 2.68 bits per heavy atom. The monoisotopic (exact) mass is 500 g/mol. The Morgan fingerprint density at radius 2 is 1.88 bits per heavy atom. The molecule has 0 amide bonds. The number of hydrogen-bond donors (Lipinski definition) is 1. The lowest BCUT2D eigenvalue weighted by Gasteiger charge is -2.35. The van der Waals surface area contributed by atoms with Crippen molar-refractivity contribution in [2.24, 2.45) is 4.40 Å². The van der Waals surface area contributed by atoms with Gasteiger partial charge in [0.25, 0.3) is 0 Å². The van der Waals surface area contributed by atoms with E-state index in [1.807, 2.05) is 40.7 Å². The molecule has 0 aliphatic carbocycles. The lowest BCUT2D eigenvalue weighted by Crippen LogP contribution is -2.55. The van der Waals surface area contributed by atoms with E-state index < -0.39 is 16.4 Å². The second-order valence-electron chi connectivity index (χ2n) is 8.39. The van der Waals surface area contributed by atoms with Crippen LogP contribution in [0.15, 0.2) is 58.1 Å². The molecule has 0 spiro atoms. The van der Waals surface area contributed by atoms with Crippen molar-refractivity contribution >= 4 is 27.8 Å². The molecule has 0 unspecified atom stereocenters. The van der Waals surface area contributed by atoms with Crippen LogP contribution in [0, 0.1) is 12.7 Å². The third kappa shape index (κ3) is 4.73. The van der Waals surface area contributed by atoms with Gasteiger partial charge in [0.15, 0.2) is 11.0 Å². The molecule has 5 rings (SSSR count). The first kappa shape index (κ1) is 23.0. The van der Waals surface area contributed by atoms with Gasteiger partial charge in [-0.25, -0.2) is 4.39 Å². The third-order valence-corrected chi connectivity index (χ3v) is 7.95. The molecule has 1 atom stereocenters. The number of hydrogen-bond acceptors (Lipinski definition) is 6. The van der Waals surface area contributed by atoms with E-state index in [2.05, 4.69) is 19.3 Å². The summed E-state index contributed by atoms with van der Waals surface area (Å²) in [5, 5.41) is 9.23. The maximum absolute atomic E-state index is 14.6. The van der Waals surface area contributed by atoms with Gasteiger partial charge >= 0.3 is 10.2 Å². The van der Waals surface area contributed by atoms with Gasteiger partial charge in [0.2, 0.25) is 0 Å². The minimum absolute atomic E-state index is 0.350. The van der Waals surface area contributed by atoms with Crippen LogP contribution >= 0.6 is 11.8 Å². The van der Waals surface area contributed by atoms with E-state index >= 15 is 0 Å². The molecule has 1 N–H and O–H groups in total. The highest BCUT2D eigenvalue weighted by Gasteiger charge is 2.33. The molecule has 34 heavy (non-hydrogen) atoms. The third-order valence-electron chi connectivity index (χ3n) is 5.93. The highest BCUT2D eigenvalue weighted by Crippen LogP contribution is 2.31. The number of halogens is 1. The van der Waals surface area contributed by atoms with Gasteiger partial charge in [-0.1, -0.05) is 48.0 Å². The van der Waals surface area contributed by atoms with Crippen molar-refractivity contribution in [2.45, 2.75) is 43.9 Å². The first-order valence-electron chi connectivity index (χ1n) is 11.2. The second-order valence-corrected chi connectivity index (χ2v) is 10.7. The molecule has 1 saturated heterocycles. The van der Waals surface area contributed by atoms with Crippen LogP contribution in [-0.2, 0) is 10.2 Å². The fraction of sp³-hybridized carbons (Fsp3) is 0.348. The van der Waals surface area contributed by atoms with Crippen LogP contribution in [0.2, 0.25) is 0 Å². The summed E-state index contributed by atoms with van der Waals surface area (Å²) in [7, 11) is -3.74. The molecule has 1 fully saturated rings. The molecule has 0 saturated carbocycles. The average molecular weight is 501 g/mol. The molecule has 8 nitrogen and oxygen atoms in total. The van der Waals surface area contributed by atoms with Crippen LogP contribution in [0.4, 0.5) is 4.39 Å². The van der Waals surface area contributed by atoms with Crippen molar-refractivity contribution in [1.29, 1.82) is 0 Å². The van der Waals surface area contributed by atoms with Crippen molar-refractivity contribution in [2.75, 3.05) is 12.3 Å². The van der Waals surface area contributed by atoms with E-state index in [0.29, 0.717) is 34.6 Å². The SMILES string of the molecule is Cc1ccc(-n2c(SC[C@@H]3NS(=O)(=O)N=C4CCCCCN43)nnc2-c2ccccc2F)cc1. The van der Waals surface area contributed by atoms with E-state index in [-0.39, 0.29) is 5.82 Å². The summed E-state index contributed by atoms with van der Waals surface area (Å²) in [6, 6.07) is 14.3. The molecule has 3 aromatic rings. The number of nitrogens with one attached hydrogen (secondary N) is 1. The lowest BCUT2D eigenvalue weighted by atomic mass is 10.2. The first-order valence-corrected chi connectivity index (χ1v) is 13.6. The van der Waals surface area contributed by atoms with E-state index in [0.717, 1.165) is 37.1 Å². The van der Waals surface area contributed by atoms with E-state index in [9.17, 15) is 12.8 Å². The zero-order valence-electron chi connectivity index (χ0n) is 18.7. The summed E-state index contributed by atoms with van der Waals surface area (Å²) in [4.78, 5) is 2.05. The Balaban J connectivity index is 1.49. The van der Waals surface area contributed by atoms with Gasteiger partial charge in [-0.05, 0) is 44.0 Å². The van der Waals surface area contributed by atoms with Crippen LogP contribution in [-0.4, -0.2) is 52.4 Å². The quantitative estimate of drug-likeness (QED) is 0.534. The highest BCUT2D eigenvalue weighted by molar-refractivity contribution is 7.99. The van der Waals surface area contributed by atoms with Crippen molar-refractivity contribution in [3.05, 3.63) is 59.9 Å². The number of benzene rings is 2. The van der Waals surface area contributed by atoms with Gasteiger partial charge < -0.3 is 4.90 Å². The zero-order chi connectivity index (χ0) is 23.7. The number of amidine groups is 1. The van der Waals surface area contributed by atoms with Gasteiger partial charge in [-0.3, -0.25) is 4.57 Å². The van der Waals surface area contributed by atoms with Gasteiger partial charge in [0, 0.05) is 24.4 Å². The van der Waals surface area contributed by atoms with Crippen LogP contribution in [0.3, 0.4) is 0 Å². The topological polar surface area (TPSA) is 92.5 Å². The summed E-state index contributed by atoms with van der Waals surface area (Å²) in [5.74, 6) is 1.03. The Kier molecular flexibility index (Phi) is 6.41. The van der Waals surface area contributed by atoms with Crippen LogP contribution in [0.25, 0.3) is 17.1 Å². The number of aromatic nitrogens is 3. The number of rotatable bonds is 5. The minimum atomic E-state index is -3.74. The fourth-order valence-corrected chi connectivity index (χ4v) is 6.41. The molecular formula is C23H25FN6O2S2. The minimum Gasteiger partial charge on any atom is -0.342 e. The van der Waals surface area contributed by atoms with Gasteiger partial charge in [-0.15, -0.1) is 14.6 Å². The van der Waals surface area contributed by atoms with Crippen LogP contribution in [0.1, 0.15) is 31.2 Å². The molecule has 178 valence electrons. The van der Waals surface area contributed by atoms with Crippen LogP contribution in [0.5, 0.6) is 0 Å². The van der Waals surface area contributed by atoms with Gasteiger partial charge in [0.1, 0.15) is 17.8 Å². The zero-order valence-corrected chi connectivity index (χ0v) is 20.3. The summed E-state index contributed by atoms with van der Waals surface area (Å²) < 4.78 is 47.8. The Hall–Kier alpha value is -2.76. The Labute approximate surface area is 202 Å². The molecule has 11 heteroatoms. The molecule has 3 heterocycles. The van der Waals surface area contributed by atoms with Gasteiger partial charge in [0.05, 0.1) is 5.56 Å². The smallest absolute Gasteiger partial charge is 0.323 e. The van der Waals surface area contributed by atoms with E-state index in [1.165, 1.54) is 17.8 Å². The summed E-state index contributed by atoms with van der Waals surface area (Å²) in [6.45, 7) is 2.75. The maximum atomic E-state index is 14.6. The summed E-state index contributed by atoms with van der Waals surface area (Å²) in [5.41, 5.74) is 2.25. The average Bonchev–Trinajstić information content (AvgIpc) is 3.08. The maximum Gasteiger partial charge on any atom is 0.323 e. The molecule has 2 aliphatic rings. The largest absolute Gasteiger partial charge is 0.342 e. The van der Waals surface area contributed by atoms with Crippen molar-refractivity contribution in [3.8, 4) is 17.1 Å². The number of aryl methyl sites for hydroxylation is 1. The number of nitrogens with zero attached hydrogens (tertiary/aromatic N) is 5. The first-order chi connectivity index (χ1) is 16.4. The second kappa shape index (κ2) is 9.47. The Morgan fingerprint density at radius 1 is 1.09 bits per heavy atom. The van der Waals surface area contributed by atoms with Crippen LogP contribution < -0.4 is 4.72 Å². The molecule has 1 aromatic heterocycles. The lowest BCUT2D eigenvalue weighted by molar-refractivity contribution is 0.310. The van der Waals surface area contributed by atoms with Crippen molar-refractivity contribution in [1.82, 2.24) is 24.4 Å². The summed E-state index contributed by atoms with van der Waals surface area (Å²) >= 11 is 1.38. The predicted octanol–water partition coefficient (Wildman–Crippen LogP) is 3.92. The molecule has 0 bridgehead atoms. The molecule has 2 aromatic carbocycles. The van der Waals surface area contributed by atoms with Crippen molar-refractivity contribution < 1.29 is 12.8 Å². The van der Waals surface area contributed by atoms with E-state index in [4.69, 9.17) is 0 Å². The highest BCUT2D eigenvalue weighted by atomic mass is 32.2. The standard InChI is InChI=1S/C23H25FN6O2S2/c1-16-10-12-17(13-11-16)30-22(18-7-4-5-8-19(18)24)25-26-23(30)33-15-21-28-34(31,32)27-20-9-3-2-6-14-29(20)21/h4-5,7-8,10-13,21,28H,2-3,6,9,14-15H2,1H3/t21-/m1/s1. The normalized spacial score (nSPS) is 19.9. The molecule has 2 aliphatic heterocycles. The number of thioether (sulfide) groups is 1. The fourth-order valence-electron chi connectivity index (χ4n) is 4.23. The summed E-state index contributed by atoms with van der Waals surface area (Å²) in [6.07, 6.45) is 3.17. The molecule has 0 radical (unpaired) electrons. The van der Waals surface area contributed by atoms with E-state index in [1.54, 1.807) is 18.2 Å². The Bertz CT molecular complexity index is 1320. The molecular weight excluding hydrogens is 475 g/mol. The van der Waals surface area contributed by atoms with Gasteiger partial charge in [-0.2, -0.15) is 13.1 Å². The van der Waals surface area contributed by atoms with Crippen molar-refractivity contribution in [3.63, 3.8) is 0 Å². The number of fused-ring (bicyclic) bond motifs is 1.